The van der Waals surface area contributed by atoms with Gasteiger partial charge in [-0.2, -0.15) is 0 Å². The van der Waals surface area contributed by atoms with Gasteiger partial charge in [0.15, 0.2) is 5.72 Å². The van der Waals surface area contributed by atoms with E-state index in [-0.39, 0.29) is 5.91 Å². The van der Waals surface area contributed by atoms with Crippen LogP contribution in [0.25, 0.3) is 0 Å². The molecule has 1 atom stereocenters. The lowest BCUT2D eigenvalue weighted by atomic mass is 10.0. The molecule has 4 nitrogen and oxygen atoms in total. The molecule has 2 aliphatic rings. The van der Waals surface area contributed by atoms with Crippen molar-refractivity contribution in [2.45, 2.75) is 18.6 Å². The fourth-order valence-electron chi connectivity index (χ4n) is 3.30. The van der Waals surface area contributed by atoms with Crippen LogP contribution in [0.4, 0.5) is 0 Å². The van der Waals surface area contributed by atoms with Gasteiger partial charge in [-0.3, -0.25) is 4.79 Å². The molecule has 112 valence electrons. The van der Waals surface area contributed by atoms with Crippen molar-refractivity contribution in [3.8, 4) is 11.5 Å². The largest absolute Gasteiger partial charge is 0.457 e. The van der Waals surface area contributed by atoms with Gasteiger partial charge in [0.05, 0.1) is 6.61 Å². The molecule has 22 heavy (non-hydrogen) atoms. The Bertz CT molecular complexity index is 683. The summed E-state index contributed by atoms with van der Waals surface area (Å²) in [4.78, 5) is 13.8. The molecule has 4 rings (SSSR count). The molecule has 0 bridgehead atoms. The predicted molar refractivity (Wildman–Crippen MR) is 81.5 cm³/mol. The number of nitrogens with zero attached hydrogens (tertiary/aromatic N) is 1. The smallest absolute Gasteiger partial charge is 0.225 e. The van der Waals surface area contributed by atoms with Crippen LogP contribution in [0.2, 0.25) is 0 Å². The maximum Gasteiger partial charge on any atom is 0.225 e. The fourth-order valence-corrected chi connectivity index (χ4v) is 3.30. The van der Waals surface area contributed by atoms with Gasteiger partial charge in [-0.25, -0.2) is 0 Å². The van der Waals surface area contributed by atoms with E-state index in [1.807, 2.05) is 59.5 Å². The number of rotatable bonds is 3. The lowest BCUT2D eigenvalue weighted by Gasteiger charge is -2.31. The zero-order chi connectivity index (χ0) is 15.0. The quantitative estimate of drug-likeness (QED) is 0.872. The zero-order valence-corrected chi connectivity index (χ0v) is 12.2. The SMILES string of the molecule is O=C1CC[C@]2(c3ccc(Oc4ccccc4)cc3)OCCN12. The average molecular weight is 295 g/mol. The number of benzene rings is 2. The normalized spacial score (nSPS) is 23.6. The first kappa shape index (κ1) is 13.3. The van der Waals surface area contributed by atoms with Crippen molar-refractivity contribution in [2.75, 3.05) is 13.2 Å². The maximum atomic E-state index is 12.0. The number of para-hydroxylation sites is 1. The molecule has 0 aliphatic carbocycles. The van der Waals surface area contributed by atoms with Crippen molar-refractivity contribution >= 4 is 5.91 Å². The van der Waals surface area contributed by atoms with Crippen LogP contribution < -0.4 is 4.74 Å². The molecule has 0 aromatic heterocycles. The summed E-state index contributed by atoms with van der Waals surface area (Å²) in [5, 5.41) is 0. The van der Waals surface area contributed by atoms with Gasteiger partial charge in [0.2, 0.25) is 5.91 Å². The van der Waals surface area contributed by atoms with Crippen molar-refractivity contribution < 1.29 is 14.3 Å². The topological polar surface area (TPSA) is 38.8 Å². The molecule has 2 aromatic carbocycles. The van der Waals surface area contributed by atoms with E-state index in [0.29, 0.717) is 19.6 Å². The van der Waals surface area contributed by atoms with E-state index in [9.17, 15) is 4.79 Å². The minimum absolute atomic E-state index is 0.183. The molecule has 0 radical (unpaired) electrons. The van der Waals surface area contributed by atoms with Crippen molar-refractivity contribution in [1.82, 2.24) is 4.90 Å². The molecule has 2 aromatic rings. The Hall–Kier alpha value is -2.33. The molecule has 2 saturated heterocycles. The van der Waals surface area contributed by atoms with Crippen molar-refractivity contribution in [2.24, 2.45) is 0 Å². The first-order valence-electron chi connectivity index (χ1n) is 7.56. The third kappa shape index (κ3) is 2.07. The number of hydrogen-bond acceptors (Lipinski definition) is 3. The second-order valence-corrected chi connectivity index (χ2v) is 5.62. The van der Waals surface area contributed by atoms with E-state index in [4.69, 9.17) is 9.47 Å². The third-order valence-corrected chi connectivity index (χ3v) is 4.35. The first-order chi connectivity index (χ1) is 10.8. The highest BCUT2D eigenvalue weighted by Crippen LogP contribution is 2.44. The van der Waals surface area contributed by atoms with Gasteiger partial charge in [0, 0.05) is 24.9 Å². The molecule has 0 spiro atoms. The molecule has 0 saturated carbocycles. The molecule has 2 aliphatic heterocycles. The van der Waals surface area contributed by atoms with Crippen molar-refractivity contribution in [1.29, 1.82) is 0 Å². The minimum atomic E-state index is -0.553. The molecule has 4 heteroatoms. The highest BCUT2D eigenvalue weighted by Gasteiger charge is 2.51. The summed E-state index contributed by atoms with van der Waals surface area (Å²) in [5.41, 5.74) is 0.471. The van der Waals surface area contributed by atoms with Crippen LogP contribution in [0.3, 0.4) is 0 Å². The predicted octanol–water partition coefficient (Wildman–Crippen LogP) is 3.28. The van der Waals surface area contributed by atoms with E-state index in [1.165, 1.54) is 0 Å². The summed E-state index contributed by atoms with van der Waals surface area (Å²) < 4.78 is 11.7. The Balaban J connectivity index is 1.58. The Labute approximate surface area is 129 Å². The van der Waals surface area contributed by atoms with E-state index in [0.717, 1.165) is 23.5 Å². The maximum absolute atomic E-state index is 12.0. The van der Waals surface area contributed by atoms with E-state index in [2.05, 4.69) is 0 Å². The number of hydrogen-bond donors (Lipinski definition) is 0. The summed E-state index contributed by atoms with van der Waals surface area (Å²) in [6.07, 6.45) is 1.28. The second-order valence-electron chi connectivity index (χ2n) is 5.62. The van der Waals surface area contributed by atoms with Gasteiger partial charge in [0.1, 0.15) is 11.5 Å². The Morgan fingerprint density at radius 3 is 2.50 bits per heavy atom. The molecular weight excluding hydrogens is 278 g/mol. The third-order valence-electron chi connectivity index (χ3n) is 4.35. The highest BCUT2D eigenvalue weighted by atomic mass is 16.5. The number of fused-ring (bicyclic) bond motifs is 1. The highest BCUT2D eigenvalue weighted by molar-refractivity contribution is 5.80. The summed E-state index contributed by atoms with van der Waals surface area (Å²) in [5.74, 6) is 1.77. The fraction of sp³-hybridized carbons (Fsp3) is 0.278. The standard InChI is InChI=1S/C18H17NO3/c20-17-10-11-18(19(17)12-13-21-18)14-6-8-16(9-7-14)22-15-4-2-1-3-5-15/h1-9H,10-13H2/t18-/m1/s1. The number of carbonyl (C=O) groups excluding carboxylic acids is 1. The molecule has 0 unspecified atom stereocenters. The molecule has 2 fully saturated rings. The van der Waals surface area contributed by atoms with E-state index in [1.54, 1.807) is 0 Å². The van der Waals surface area contributed by atoms with Crippen LogP contribution in [0.5, 0.6) is 11.5 Å². The monoisotopic (exact) mass is 295 g/mol. The molecule has 2 heterocycles. The van der Waals surface area contributed by atoms with Crippen LogP contribution in [-0.4, -0.2) is 24.0 Å². The summed E-state index contributed by atoms with van der Waals surface area (Å²) >= 11 is 0. The number of carbonyl (C=O) groups is 1. The van der Waals surface area contributed by atoms with Crippen LogP contribution in [0.1, 0.15) is 18.4 Å². The number of amides is 1. The van der Waals surface area contributed by atoms with Crippen LogP contribution in [0.15, 0.2) is 54.6 Å². The number of ether oxygens (including phenoxy) is 2. The van der Waals surface area contributed by atoms with Gasteiger partial charge >= 0.3 is 0 Å². The van der Waals surface area contributed by atoms with Gasteiger partial charge in [-0.05, 0) is 24.3 Å². The van der Waals surface area contributed by atoms with E-state index >= 15 is 0 Å². The van der Waals surface area contributed by atoms with Crippen LogP contribution in [0, 0.1) is 0 Å². The van der Waals surface area contributed by atoms with Crippen LogP contribution >= 0.6 is 0 Å². The average Bonchev–Trinajstić information content (AvgIpc) is 3.11. The molecule has 1 amide bonds. The minimum Gasteiger partial charge on any atom is -0.457 e. The van der Waals surface area contributed by atoms with Gasteiger partial charge in [-0.15, -0.1) is 0 Å². The summed E-state index contributed by atoms with van der Waals surface area (Å²) in [7, 11) is 0. The Morgan fingerprint density at radius 1 is 1.00 bits per heavy atom. The van der Waals surface area contributed by atoms with Crippen molar-refractivity contribution in [3.05, 3.63) is 60.2 Å². The van der Waals surface area contributed by atoms with Crippen molar-refractivity contribution in [3.63, 3.8) is 0 Å². The van der Waals surface area contributed by atoms with Gasteiger partial charge in [0.25, 0.3) is 0 Å². The second kappa shape index (κ2) is 5.14. The van der Waals surface area contributed by atoms with Gasteiger partial charge < -0.3 is 14.4 Å². The van der Waals surface area contributed by atoms with Crippen LogP contribution in [-0.2, 0) is 15.3 Å². The first-order valence-corrected chi connectivity index (χ1v) is 7.56. The van der Waals surface area contributed by atoms with E-state index < -0.39 is 5.72 Å². The Morgan fingerprint density at radius 2 is 1.73 bits per heavy atom. The lowest BCUT2D eigenvalue weighted by molar-refractivity contribution is -0.137. The van der Waals surface area contributed by atoms with Gasteiger partial charge in [-0.1, -0.05) is 30.3 Å². The summed E-state index contributed by atoms with van der Waals surface area (Å²) in [6, 6.07) is 17.5. The zero-order valence-electron chi connectivity index (χ0n) is 12.2. The Kier molecular flexibility index (Phi) is 3.12. The molecular formula is C18H17NO3. The molecule has 0 N–H and O–H groups in total. The summed E-state index contributed by atoms with van der Waals surface area (Å²) in [6.45, 7) is 1.29. The lowest BCUT2D eigenvalue weighted by Crippen LogP contribution is -2.38.